The summed E-state index contributed by atoms with van der Waals surface area (Å²) in [7, 11) is 0. The van der Waals surface area contributed by atoms with Crippen molar-refractivity contribution in [3.63, 3.8) is 0 Å². The first kappa shape index (κ1) is 21.4. The van der Waals surface area contributed by atoms with Crippen LogP contribution in [0.4, 0.5) is 29.3 Å². The van der Waals surface area contributed by atoms with E-state index in [2.05, 4.69) is 15.6 Å². The van der Waals surface area contributed by atoms with E-state index in [9.17, 15) is 32.7 Å². The van der Waals surface area contributed by atoms with Gasteiger partial charge < -0.3 is 31.3 Å². The fourth-order valence-electron chi connectivity index (χ4n) is 2.83. The Labute approximate surface area is 172 Å². The first-order chi connectivity index (χ1) is 14.6. The molecular formula is C20H14F3N4O4-. The minimum atomic E-state index is -4.48. The van der Waals surface area contributed by atoms with Gasteiger partial charge >= 0.3 is 12.2 Å². The third-order valence-electron chi connectivity index (χ3n) is 4.25. The number of nitrogens with one attached hydrogen (secondary N) is 3. The highest BCUT2D eigenvalue weighted by atomic mass is 19.4. The fourth-order valence-corrected chi connectivity index (χ4v) is 2.83. The van der Waals surface area contributed by atoms with Crippen molar-refractivity contribution in [3.8, 4) is 11.1 Å². The summed E-state index contributed by atoms with van der Waals surface area (Å²) in [6, 6.07) is 9.00. The Morgan fingerprint density at radius 1 is 0.903 bits per heavy atom. The summed E-state index contributed by atoms with van der Waals surface area (Å²) in [5.41, 5.74) is 4.89. The molecule has 0 radical (unpaired) electrons. The number of H-pyrrole nitrogens is 1. The number of hydrogen-bond donors (Lipinski definition) is 4. The average molecular weight is 431 g/mol. The van der Waals surface area contributed by atoms with Crippen LogP contribution in [0, 0.1) is 0 Å². The second-order valence-electron chi connectivity index (χ2n) is 6.34. The molecule has 0 saturated heterocycles. The number of carboxylic acids is 1. The zero-order valence-electron chi connectivity index (χ0n) is 15.5. The molecule has 8 nitrogen and oxygen atoms in total. The van der Waals surface area contributed by atoms with Crippen molar-refractivity contribution in [2.24, 2.45) is 5.73 Å². The van der Waals surface area contributed by atoms with E-state index in [1.165, 1.54) is 24.3 Å². The number of amides is 3. The van der Waals surface area contributed by atoms with Gasteiger partial charge in [-0.1, -0.05) is 12.1 Å². The van der Waals surface area contributed by atoms with Gasteiger partial charge in [-0.2, -0.15) is 13.2 Å². The number of benzene rings is 2. The lowest BCUT2D eigenvalue weighted by Gasteiger charge is -2.11. The minimum absolute atomic E-state index is 0.0493. The van der Waals surface area contributed by atoms with E-state index in [0.29, 0.717) is 11.3 Å². The number of aromatic carboxylic acids is 1. The Kier molecular flexibility index (Phi) is 5.68. The Morgan fingerprint density at radius 3 is 1.87 bits per heavy atom. The molecule has 1 aromatic heterocycles. The number of nitrogens with two attached hydrogens (primary N) is 1. The molecule has 160 valence electrons. The molecule has 1 heterocycles. The molecule has 0 fully saturated rings. The smallest absolute Gasteiger partial charge is 0.416 e. The zero-order valence-corrected chi connectivity index (χ0v) is 15.5. The molecule has 11 heteroatoms. The van der Waals surface area contributed by atoms with Crippen LogP contribution in [-0.4, -0.2) is 22.9 Å². The molecule has 0 bridgehead atoms. The average Bonchev–Trinajstić information content (AvgIpc) is 3.14. The predicted molar refractivity (Wildman–Crippen MR) is 103 cm³/mol. The summed E-state index contributed by atoms with van der Waals surface area (Å²) < 4.78 is 37.7. The lowest BCUT2D eigenvalue weighted by Crippen LogP contribution is -2.22. The van der Waals surface area contributed by atoms with Gasteiger partial charge in [0.15, 0.2) is 0 Å². The van der Waals surface area contributed by atoms with Crippen LogP contribution in [0.3, 0.4) is 0 Å². The molecule has 5 N–H and O–H groups in total. The minimum Gasteiger partial charge on any atom is -0.545 e. The lowest BCUT2D eigenvalue weighted by molar-refractivity contribution is -0.254. The first-order valence-electron chi connectivity index (χ1n) is 8.64. The lowest BCUT2D eigenvalue weighted by atomic mass is 10.0. The van der Waals surface area contributed by atoms with E-state index in [1.807, 2.05) is 0 Å². The van der Waals surface area contributed by atoms with Crippen LogP contribution >= 0.6 is 0 Å². The zero-order chi connectivity index (χ0) is 22.8. The number of alkyl halides is 3. The molecule has 3 aromatic rings. The molecule has 0 aliphatic carbocycles. The van der Waals surface area contributed by atoms with Crippen molar-refractivity contribution in [2.45, 2.75) is 6.18 Å². The Morgan fingerprint density at radius 2 is 1.42 bits per heavy atom. The molecule has 0 saturated carbocycles. The van der Waals surface area contributed by atoms with Crippen LogP contribution in [0.2, 0.25) is 0 Å². The molecule has 0 aliphatic heterocycles. The number of primary amides is 1. The van der Waals surface area contributed by atoms with Crippen LogP contribution in [0.15, 0.2) is 54.7 Å². The Bertz CT molecular complexity index is 1110. The van der Waals surface area contributed by atoms with Crippen LogP contribution in [0.1, 0.15) is 26.4 Å². The number of urea groups is 1. The fraction of sp³-hybridized carbons (Fsp3) is 0.0500. The van der Waals surface area contributed by atoms with E-state index in [4.69, 9.17) is 5.73 Å². The standard InChI is InChI=1S/C20H15F3N4O4/c21-20(22,23)11-3-7-13(8-4-11)27-19(31)26-12-5-1-10(2-6-12)15-14(18(29)30)9-25-16(15)17(24)28/h1-9,25H,(H2,24,28)(H,29,30)(H2,26,27,31)/p-1. The maximum Gasteiger partial charge on any atom is 0.416 e. The molecule has 2 aromatic carbocycles. The van der Waals surface area contributed by atoms with Crippen LogP contribution in [-0.2, 0) is 6.18 Å². The summed E-state index contributed by atoms with van der Waals surface area (Å²) in [5, 5.41) is 16.2. The number of halogens is 3. The number of carbonyl (C=O) groups is 3. The molecule has 0 atom stereocenters. The third-order valence-corrected chi connectivity index (χ3v) is 4.25. The maximum absolute atomic E-state index is 12.6. The normalized spacial score (nSPS) is 11.1. The number of rotatable bonds is 5. The topological polar surface area (TPSA) is 140 Å². The second-order valence-corrected chi connectivity index (χ2v) is 6.34. The predicted octanol–water partition coefficient (Wildman–Crippen LogP) is 2.81. The van der Waals surface area contributed by atoms with Gasteiger partial charge in [0.1, 0.15) is 5.69 Å². The van der Waals surface area contributed by atoms with Crippen molar-refractivity contribution in [3.05, 3.63) is 71.5 Å². The van der Waals surface area contributed by atoms with Gasteiger partial charge in [0, 0.05) is 28.7 Å². The highest BCUT2D eigenvalue weighted by Gasteiger charge is 2.30. The molecule has 0 aliphatic rings. The molecule has 3 rings (SSSR count). The van der Waals surface area contributed by atoms with Crippen LogP contribution in [0.5, 0.6) is 0 Å². The number of aromatic nitrogens is 1. The number of carboxylic acid groups (broad SMARTS) is 1. The molecule has 0 unspecified atom stereocenters. The maximum atomic E-state index is 12.6. The molecular weight excluding hydrogens is 417 g/mol. The SMILES string of the molecule is NC(=O)c1[nH]cc(C(=O)[O-])c1-c1ccc(NC(=O)Nc2ccc(C(F)(F)F)cc2)cc1. The van der Waals surface area contributed by atoms with E-state index in [1.54, 1.807) is 0 Å². The van der Waals surface area contributed by atoms with Gasteiger partial charge in [0.05, 0.1) is 11.5 Å². The summed E-state index contributed by atoms with van der Waals surface area (Å²) in [6.07, 6.45) is -3.39. The van der Waals surface area contributed by atoms with Crippen molar-refractivity contribution in [1.82, 2.24) is 4.98 Å². The quantitative estimate of drug-likeness (QED) is 0.493. The van der Waals surface area contributed by atoms with Gasteiger partial charge in [0.25, 0.3) is 5.91 Å². The van der Waals surface area contributed by atoms with Crippen molar-refractivity contribution in [1.29, 1.82) is 0 Å². The third kappa shape index (κ3) is 4.83. The summed E-state index contributed by atoms with van der Waals surface area (Å²) >= 11 is 0. The summed E-state index contributed by atoms with van der Waals surface area (Å²) in [6.45, 7) is 0. The monoisotopic (exact) mass is 431 g/mol. The summed E-state index contributed by atoms with van der Waals surface area (Å²) in [5.74, 6) is -2.36. The van der Waals surface area contributed by atoms with Crippen LogP contribution < -0.4 is 21.5 Å². The molecule has 3 amide bonds. The van der Waals surface area contributed by atoms with E-state index in [-0.39, 0.29) is 22.5 Å². The summed E-state index contributed by atoms with van der Waals surface area (Å²) in [4.78, 5) is 37.4. The highest BCUT2D eigenvalue weighted by molar-refractivity contribution is 6.06. The van der Waals surface area contributed by atoms with Gasteiger partial charge in [-0.25, -0.2) is 4.79 Å². The second kappa shape index (κ2) is 8.22. The number of aromatic amines is 1. The Hall–Kier alpha value is -4.28. The van der Waals surface area contributed by atoms with Gasteiger partial charge in [-0.15, -0.1) is 0 Å². The number of anilines is 2. The van der Waals surface area contributed by atoms with E-state index < -0.39 is 29.6 Å². The van der Waals surface area contributed by atoms with Crippen molar-refractivity contribution in [2.75, 3.05) is 10.6 Å². The van der Waals surface area contributed by atoms with Gasteiger partial charge in [-0.3, -0.25) is 4.79 Å². The van der Waals surface area contributed by atoms with Crippen molar-refractivity contribution >= 4 is 29.3 Å². The van der Waals surface area contributed by atoms with E-state index in [0.717, 1.165) is 30.5 Å². The van der Waals surface area contributed by atoms with Crippen LogP contribution in [0.25, 0.3) is 11.1 Å². The number of hydrogen-bond acceptors (Lipinski definition) is 4. The molecule has 31 heavy (non-hydrogen) atoms. The molecule has 0 spiro atoms. The number of carbonyl (C=O) groups excluding carboxylic acids is 3. The first-order valence-corrected chi connectivity index (χ1v) is 8.64. The Balaban J connectivity index is 1.73. The van der Waals surface area contributed by atoms with Gasteiger partial charge in [0.2, 0.25) is 0 Å². The van der Waals surface area contributed by atoms with Crippen molar-refractivity contribution < 1.29 is 32.7 Å². The highest BCUT2D eigenvalue weighted by Crippen LogP contribution is 2.30. The van der Waals surface area contributed by atoms with E-state index >= 15 is 0 Å². The largest absolute Gasteiger partial charge is 0.545 e. The van der Waals surface area contributed by atoms with Gasteiger partial charge in [-0.05, 0) is 42.0 Å².